The van der Waals surface area contributed by atoms with Gasteiger partial charge in [-0.1, -0.05) is 39.7 Å². The predicted molar refractivity (Wildman–Crippen MR) is 81.5 cm³/mol. The lowest BCUT2D eigenvalue weighted by Crippen LogP contribution is -2.10. The van der Waals surface area contributed by atoms with Gasteiger partial charge in [-0.2, -0.15) is 0 Å². The van der Waals surface area contributed by atoms with E-state index in [9.17, 15) is 4.39 Å². The van der Waals surface area contributed by atoms with Crippen LogP contribution in [-0.2, 0) is 0 Å². The van der Waals surface area contributed by atoms with Gasteiger partial charge in [-0.25, -0.2) is 4.39 Å². The van der Waals surface area contributed by atoms with E-state index in [2.05, 4.69) is 15.9 Å². The third kappa shape index (κ3) is 3.43. The third-order valence-corrected chi connectivity index (χ3v) is 3.27. The van der Waals surface area contributed by atoms with E-state index in [0.717, 1.165) is 0 Å². The molecule has 19 heavy (non-hydrogen) atoms. The summed E-state index contributed by atoms with van der Waals surface area (Å²) in [5, 5.41) is 0.449. The maximum absolute atomic E-state index is 13.6. The largest absolute Gasteiger partial charge is 0.453 e. The fourth-order valence-electron chi connectivity index (χ4n) is 1.46. The Kier molecular flexibility index (Phi) is 4.39. The van der Waals surface area contributed by atoms with E-state index in [4.69, 9.17) is 34.3 Å². The summed E-state index contributed by atoms with van der Waals surface area (Å²) in [5.41, 5.74) is 6.09. The van der Waals surface area contributed by atoms with Gasteiger partial charge in [0.15, 0.2) is 11.6 Å². The lowest BCUT2D eigenvalue weighted by Gasteiger charge is -2.11. The van der Waals surface area contributed by atoms with Crippen LogP contribution < -0.4 is 10.5 Å². The third-order valence-electron chi connectivity index (χ3n) is 2.32. The van der Waals surface area contributed by atoms with E-state index in [0.29, 0.717) is 20.8 Å². The molecule has 2 aromatic rings. The molecule has 0 fully saturated rings. The van der Waals surface area contributed by atoms with E-state index in [1.807, 2.05) is 0 Å². The smallest absolute Gasteiger partial charge is 0.165 e. The van der Waals surface area contributed by atoms with Gasteiger partial charge in [0, 0.05) is 15.6 Å². The van der Waals surface area contributed by atoms with Crippen molar-refractivity contribution in [2.45, 2.75) is 0 Å². The molecule has 0 amide bonds. The zero-order valence-electron chi connectivity index (χ0n) is 9.49. The number of hydrogen-bond donors (Lipinski definition) is 1. The van der Waals surface area contributed by atoms with Crippen LogP contribution in [-0.4, -0.2) is 4.99 Å². The van der Waals surface area contributed by atoms with E-state index >= 15 is 0 Å². The molecule has 0 saturated carbocycles. The first-order valence-electron chi connectivity index (χ1n) is 5.19. The highest BCUT2D eigenvalue weighted by Crippen LogP contribution is 2.31. The van der Waals surface area contributed by atoms with Crippen LogP contribution in [0.5, 0.6) is 11.5 Å². The summed E-state index contributed by atoms with van der Waals surface area (Å²) in [6.07, 6.45) is 0. The first-order chi connectivity index (χ1) is 8.97. The zero-order chi connectivity index (χ0) is 14.0. The molecule has 2 N–H and O–H groups in total. The number of benzene rings is 2. The predicted octanol–water partition coefficient (Wildman–Crippen LogP) is 4.67. The standard InChI is InChI=1S/C13H8BrClFNOS/c14-7-1-4-10(16)12(5-7)18-11-6-8(15)2-3-9(11)13(17)19/h1-6H,(H2,17,19). The summed E-state index contributed by atoms with van der Waals surface area (Å²) < 4.78 is 19.8. The number of nitrogens with two attached hydrogens (primary N) is 1. The molecule has 0 aliphatic heterocycles. The normalized spacial score (nSPS) is 10.3. The van der Waals surface area contributed by atoms with Crippen molar-refractivity contribution in [1.29, 1.82) is 0 Å². The second-order valence-corrected chi connectivity index (χ2v) is 5.47. The first kappa shape index (κ1) is 14.2. The number of thiocarbonyl (C=S) groups is 1. The molecule has 0 bridgehead atoms. The van der Waals surface area contributed by atoms with Crippen molar-refractivity contribution < 1.29 is 9.13 Å². The fourth-order valence-corrected chi connectivity index (χ4v) is 2.13. The molecule has 2 aromatic carbocycles. The van der Waals surface area contributed by atoms with Crippen LogP contribution in [0.25, 0.3) is 0 Å². The molecular weight excluding hydrogens is 353 g/mol. The molecule has 0 unspecified atom stereocenters. The van der Waals surface area contributed by atoms with Crippen LogP contribution in [0.3, 0.4) is 0 Å². The van der Waals surface area contributed by atoms with Gasteiger partial charge < -0.3 is 10.5 Å². The number of halogens is 3. The quantitative estimate of drug-likeness (QED) is 0.808. The Morgan fingerprint density at radius 1 is 1.21 bits per heavy atom. The number of hydrogen-bond acceptors (Lipinski definition) is 2. The summed E-state index contributed by atoms with van der Waals surface area (Å²) in [7, 11) is 0. The molecule has 0 aliphatic carbocycles. The summed E-state index contributed by atoms with van der Waals surface area (Å²) >= 11 is 14.1. The maximum Gasteiger partial charge on any atom is 0.165 e. The SMILES string of the molecule is NC(=S)c1ccc(Cl)cc1Oc1cc(Br)ccc1F. The molecule has 0 atom stereocenters. The van der Waals surface area contributed by atoms with Gasteiger partial charge in [0.25, 0.3) is 0 Å². The van der Waals surface area contributed by atoms with Gasteiger partial charge in [-0.15, -0.1) is 0 Å². The minimum absolute atomic E-state index is 0.0640. The molecular formula is C13H8BrClFNOS. The van der Waals surface area contributed by atoms with Crippen molar-refractivity contribution in [3.63, 3.8) is 0 Å². The molecule has 2 rings (SSSR count). The van der Waals surface area contributed by atoms with Crippen LogP contribution in [0.1, 0.15) is 5.56 Å². The molecule has 0 radical (unpaired) electrons. The van der Waals surface area contributed by atoms with Crippen LogP contribution in [0.15, 0.2) is 40.9 Å². The maximum atomic E-state index is 13.6. The molecule has 0 heterocycles. The van der Waals surface area contributed by atoms with E-state index < -0.39 is 5.82 Å². The minimum Gasteiger partial charge on any atom is -0.453 e. The number of rotatable bonds is 3. The van der Waals surface area contributed by atoms with Crippen molar-refractivity contribution in [3.8, 4) is 11.5 Å². The van der Waals surface area contributed by atoms with E-state index in [1.54, 1.807) is 18.2 Å². The lowest BCUT2D eigenvalue weighted by atomic mass is 10.2. The van der Waals surface area contributed by atoms with E-state index in [1.165, 1.54) is 18.2 Å². The topological polar surface area (TPSA) is 35.2 Å². The molecule has 0 spiro atoms. The van der Waals surface area contributed by atoms with Crippen molar-refractivity contribution in [1.82, 2.24) is 0 Å². The summed E-state index contributed by atoms with van der Waals surface area (Å²) in [5.74, 6) is -0.108. The molecule has 0 aromatic heterocycles. The van der Waals surface area contributed by atoms with Crippen LogP contribution in [0, 0.1) is 5.82 Å². The summed E-state index contributed by atoms with van der Waals surface area (Å²) in [6.45, 7) is 0. The highest BCUT2D eigenvalue weighted by molar-refractivity contribution is 9.10. The van der Waals surface area contributed by atoms with Gasteiger partial charge in [0.05, 0.1) is 5.56 Å². The monoisotopic (exact) mass is 359 g/mol. The zero-order valence-corrected chi connectivity index (χ0v) is 12.7. The van der Waals surface area contributed by atoms with Gasteiger partial charge in [0.1, 0.15) is 10.7 Å². The van der Waals surface area contributed by atoms with Crippen LogP contribution >= 0.6 is 39.7 Å². The average Bonchev–Trinajstić information content (AvgIpc) is 2.33. The van der Waals surface area contributed by atoms with Crippen LogP contribution in [0.4, 0.5) is 4.39 Å². The molecule has 0 saturated heterocycles. The van der Waals surface area contributed by atoms with Crippen molar-refractivity contribution in [2.75, 3.05) is 0 Å². The number of ether oxygens (including phenoxy) is 1. The molecule has 0 aliphatic rings. The van der Waals surface area contributed by atoms with Gasteiger partial charge in [0.2, 0.25) is 0 Å². The second kappa shape index (κ2) is 5.86. The Labute approximate surface area is 128 Å². The fraction of sp³-hybridized carbons (Fsp3) is 0. The van der Waals surface area contributed by atoms with E-state index in [-0.39, 0.29) is 10.7 Å². The lowest BCUT2D eigenvalue weighted by molar-refractivity contribution is 0.441. The minimum atomic E-state index is -0.489. The average molecular weight is 361 g/mol. The highest BCUT2D eigenvalue weighted by Gasteiger charge is 2.11. The van der Waals surface area contributed by atoms with Crippen molar-refractivity contribution >= 4 is 44.7 Å². The Morgan fingerprint density at radius 3 is 2.63 bits per heavy atom. The Balaban J connectivity index is 2.45. The van der Waals surface area contributed by atoms with Gasteiger partial charge >= 0.3 is 0 Å². The Bertz CT molecular complexity index is 651. The van der Waals surface area contributed by atoms with Crippen molar-refractivity contribution in [2.24, 2.45) is 5.73 Å². The molecule has 98 valence electrons. The summed E-state index contributed by atoms with van der Waals surface area (Å²) in [4.78, 5) is 0.155. The molecule has 6 heteroatoms. The van der Waals surface area contributed by atoms with Gasteiger partial charge in [-0.05, 0) is 30.3 Å². The second-order valence-electron chi connectivity index (χ2n) is 3.68. The Morgan fingerprint density at radius 2 is 1.95 bits per heavy atom. The first-order valence-corrected chi connectivity index (χ1v) is 6.77. The highest BCUT2D eigenvalue weighted by atomic mass is 79.9. The summed E-state index contributed by atoms with van der Waals surface area (Å²) in [6, 6.07) is 9.20. The Hall–Kier alpha value is -1.17. The van der Waals surface area contributed by atoms with Crippen molar-refractivity contribution in [3.05, 3.63) is 57.3 Å². The molecule has 2 nitrogen and oxygen atoms in total. The van der Waals surface area contributed by atoms with Crippen LogP contribution in [0.2, 0.25) is 5.02 Å². The van der Waals surface area contributed by atoms with Gasteiger partial charge in [-0.3, -0.25) is 0 Å².